The van der Waals surface area contributed by atoms with Crippen LogP contribution in [0.15, 0.2) is 24.3 Å². The third-order valence-electron chi connectivity index (χ3n) is 3.42. The molecule has 130 valence electrons. The van der Waals surface area contributed by atoms with Crippen molar-refractivity contribution in [3.63, 3.8) is 0 Å². The van der Waals surface area contributed by atoms with Gasteiger partial charge in [0.1, 0.15) is 5.75 Å². The first-order valence-electron chi connectivity index (χ1n) is 7.85. The average molecular weight is 349 g/mol. The monoisotopic (exact) mass is 349 g/mol. The number of para-hydroxylation sites is 1. The summed E-state index contributed by atoms with van der Waals surface area (Å²) in [6.45, 7) is 4.63. The number of aromatic nitrogens is 4. The first-order valence-corrected chi connectivity index (χ1v) is 9.00. The molecule has 7 nitrogen and oxygen atoms in total. The average Bonchev–Trinajstić information content (AvgIpc) is 3.04. The number of hydrogen-bond acceptors (Lipinski definition) is 6. The second kappa shape index (κ2) is 9.27. The van der Waals surface area contributed by atoms with E-state index >= 15 is 0 Å². The van der Waals surface area contributed by atoms with Gasteiger partial charge in [-0.3, -0.25) is 4.79 Å². The molecule has 2 rings (SSSR count). The molecule has 0 aliphatic heterocycles. The molecule has 0 fully saturated rings. The number of carbonyl (C=O) groups is 1. The van der Waals surface area contributed by atoms with Crippen LogP contribution in [0, 0.1) is 0 Å². The van der Waals surface area contributed by atoms with Crippen molar-refractivity contribution >= 4 is 17.7 Å². The summed E-state index contributed by atoms with van der Waals surface area (Å²) in [5.74, 6) is 2.65. The molecule has 0 radical (unpaired) electrons. The number of benzene rings is 1. The van der Waals surface area contributed by atoms with Gasteiger partial charge in [0.15, 0.2) is 5.82 Å². The van der Waals surface area contributed by atoms with Crippen LogP contribution in [0.4, 0.5) is 0 Å². The Morgan fingerprint density at radius 3 is 2.92 bits per heavy atom. The Morgan fingerprint density at radius 2 is 2.17 bits per heavy atom. The fourth-order valence-corrected chi connectivity index (χ4v) is 3.00. The predicted octanol–water partition coefficient (Wildman–Crippen LogP) is 1.85. The Labute approximate surface area is 146 Å². The number of nitrogens with zero attached hydrogens (tertiary/aromatic N) is 4. The molecule has 0 aliphatic rings. The molecule has 1 N–H and O–H groups in total. The number of amides is 1. The molecule has 0 aliphatic carbocycles. The highest BCUT2D eigenvalue weighted by molar-refractivity contribution is 7.99. The lowest BCUT2D eigenvalue weighted by atomic mass is 10.1. The maximum absolute atomic E-state index is 11.9. The summed E-state index contributed by atoms with van der Waals surface area (Å²) in [6, 6.07) is 8.04. The molecule has 1 heterocycles. The molecule has 0 saturated heterocycles. The molecular formula is C16H23N5O2S. The maximum Gasteiger partial charge on any atom is 0.230 e. The highest BCUT2D eigenvalue weighted by Crippen LogP contribution is 2.17. The van der Waals surface area contributed by atoms with Gasteiger partial charge in [0.2, 0.25) is 5.91 Å². The molecule has 1 amide bonds. The van der Waals surface area contributed by atoms with Crippen LogP contribution < -0.4 is 10.1 Å². The number of rotatable bonds is 9. The van der Waals surface area contributed by atoms with Crippen molar-refractivity contribution < 1.29 is 9.53 Å². The normalized spacial score (nSPS) is 10.8. The minimum absolute atomic E-state index is 0.0125. The Bertz CT molecular complexity index is 659. The molecule has 1 aromatic carbocycles. The van der Waals surface area contributed by atoms with Crippen molar-refractivity contribution in [3.8, 4) is 5.75 Å². The summed E-state index contributed by atoms with van der Waals surface area (Å²) in [7, 11) is 1.65. The molecular weight excluding hydrogens is 326 g/mol. The minimum Gasteiger partial charge on any atom is -0.496 e. The van der Waals surface area contributed by atoms with Crippen molar-refractivity contribution in [2.75, 3.05) is 19.4 Å². The van der Waals surface area contributed by atoms with E-state index in [0.717, 1.165) is 23.6 Å². The topological polar surface area (TPSA) is 81.9 Å². The van der Waals surface area contributed by atoms with Gasteiger partial charge in [-0.2, -0.15) is 0 Å². The largest absolute Gasteiger partial charge is 0.496 e. The number of tetrazole rings is 1. The van der Waals surface area contributed by atoms with Crippen molar-refractivity contribution in [2.45, 2.75) is 32.1 Å². The molecule has 8 heteroatoms. The van der Waals surface area contributed by atoms with Gasteiger partial charge in [0.05, 0.1) is 24.7 Å². The molecule has 0 saturated carbocycles. The van der Waals surface area contributed by atoms with Crippen molar-refractivity contribution in [1.82, 2.24) is 25.5 Å². The summed E-state index contributed by atoms with van der Waals surface area (Å²) in [6.07, 6.45) is 0.742. The van der Waals surface area contributed by atoms with Crippen LogP contribution in [-0.2, 0) is 17.0 Å². The smallest absolute Gasteiger partial charge is 0.230 e. The first kappa shape index (κ1) is 18.3. The zero-order valence-electron chi connectivity index (χ0n) is 14.2. The Kier molecular flexibility index (Phi) is 7.05. The van der Waals surface area contributed by atoms with E-state index in [0.29, 0.717) is 18.1 Å². The second-order valence-electron chi connectivity index (χ2n) is 5.54. The van der Waals surface area contributed by atoms with Crippen LogP contribution >= 0.6 is 11.8 Å². The van der Waals surface area contributed by atoms with Gasteiger partial charge in [-0.05, 0) is 42.3 Å². The second-order valence-corrected chi connectivity index (χ2v) is 6.52. The van der Waals surface area contributed by atoms with E-state index in [1.54, 1.807) is 11.8 Å². The van der Waals surface area contributed by atoms with Gasteiger partial charge in [0, 0.05) is 6.54 Å². The molecule has 0 unspecified atom stereocenters. The lowest BCUT2D eigenvalue weighted by Crippen LogP contribution is -2.27. The summed E-state index contributed by atoms with van der Waals surface area (Å²) < 4.78 is 7.07. The Balaban J connectivity index is 1.69. The molecule has 0 atom stereocenters. The van der Waals surface area contributed by atoms with Gasteiger partial charge in [-0.15, -0.1) is 16.9 Å². The van der Waals surface area contributed by atoms with Crippen LogP contribution in [0.2, 0.25) is 0 Å². The molecule has 0 bridgehead atoms. The SMILES string of the molecule is COc1ccccc1CCNC(=O)CSCc1nnnn1C(C)C. The van der Waals surface area contributed by atoms with E-state index in [4.69, 9.17) is 4.74 Å². The molecule has 24 heavy (non-hydrogen) atoms. The Hall–Kier alpha value is -2.09. The third-order valence-corrected chi connectivity index (χ3v) is 4.35. The van der Waals surface area contributed by atoms with E-state index in [1.807, 2.05) is 38.1 Å². The summed E-state index contributed by atoms with van der Waals surface area (Å²) >= 11 is 1.50. The van der Waals surface area contributed by atoms with Crippen molar-refractivity contribution in [2.24, 2.45) is 0 Å². The number of thioether (sulfide) groups is 1. The lowest BCUT2D eigenvalue weighted by Gasteiger charge is -2.09. The quantitative estimate of drug-likeness (QED) is 0.744. The fraction of sp³-hybridized carbons (Fsp3) is 0.500. The first-order chi connectivity index (χ1) is 11.6. The van der Waals surface area contributed by atoms with Gasteiger partial charge in [-0.25, -0.2) is 4.68 Å². The number of methoxy groups -OCH3 is 1. The number of nitrogens with one attached hydrogen (secondary N) is 1. The maximum atomic E-state index is 11.9. The van der Waals surface area contributed by atoms with E-state index in [9.17, 15) is 4.79 Å². The van der Waals surface area contributed by atoms with E-state index < -0.39 is 0 Å². The highest BCUT2D eigenvalue weighted by Gasteiger charge is 2.10. The fourth-order valence-electron chi connectivity index (χ4n) is 2.24. The van der Waals surface area contributed by atoms with Gasteiger partial charge in [0.25, 0.3) is 0 Å². The number of ether oxygens (including phenoxy) is 1. The van der Waals surface area contributed by atoms with Crippen LogP contribution in [0.1, 0.15) is 31.3 Å². The minimum atomic E-state index is 0.0125. The third kappa shape index (κ3) is 5.23. The van der Waals surface area contributed by atoms with Crippen molar-refractivity contribution in [1.29, 1.82) is 0 Å². The molecule has 2 aromatic rings. The summed E-state index contributed by atoms with van der Waals surface area (Å²) in [5.41, 5.74) is 1.09. The summed E-state index contributed by atoms with van der Waals surface area (Å²) in [4.78, 5) is 11.9. The van der Waals surface area contributed by atoms with Crippen LogP contribution in [0.25, 0.3) is 0 Å². The van der Waals surface area contributed by atoms with Crippen LogP contribution in [-0.4, -0.2) is 45.5 Å². The molecule has 0 spiro atoms. The Morgan fingerprint density at radius 1 is 1.38 bits per heavy atom. The number of carbonyl (C=O) groups excluding carboxylic acids is 1. The lowest BCUT2D eigenvalue weighted by molar-refractivity contribution is -0.118. The molecule has 1 aromatic heterocycles. The standard InChI is InChI=1S/C16H23N5O2S/c1-12(2)21-15(18-19-20-21)10-24-11-16(22)17-9-8-13-6-4-5-7-14(13)23-3/h4-7,12H,8-11H2,1-3H3,(H,17,22). The van der Waals surface area contributed by atoms with Gasteiger partial charge < -0.3 is 10.1 Å². The van der Waals surface area contributed by atoms with Gasteiger partial charge >= 0.3 is 0 Å². The highest BCUT2D eigenvalue weighted by atomic mass is 32.2. The zero-order chi connectivity index (χ0) is 17.4. The van der Waals surface area contributed by atoms with E-state index in [2.05, 4.69) is 20.8 Å². The van der Waals surface area contributed by atoms with E-state index in [1.165, 1.54) is 11.8 Å². The van der Waals surface area contributed by atoms with Gasteiger partial charge in [-0.1, -0.05) is 18.2 Å². The number of hydrogen-bond donors (Lipinski definition) is 1. The predicted molar refractivity (Wildman–Crippen MR) is 94.1 cm³/mol. The van der Waals surface area contributed by atoms with Crippen LogP contribution in [0.5, 0.6) is 5.75 Å². The van der Waals surface area contributed by atoms with Crippen LogP contribution in [0.3, 0.4) is 0 Å². The zero-order valence-corrected chi connectivity index (χ0v) is 15.0. The van der Waals surface area contributed by atoms with E-state index in [-0.39, 0.29) is 11.9 Å². The summed E-state index contributed by atoms with van der Waals surface area (Å²) in [5, 5.41) is 14.5. The van der Waals surface area contributed by atoms with Crippen molar-refractivity contribution in [3.05, 3.63) is 35.7 Å².